The van der Waals surface area contributed by atoms with E-state index in [9.17, 15) is 4.79 Å². The van der Waals surface area contributed by atoms with Crippen LogP contribution in [0.1, 0.15) is 12.8 Å². The normalized spacial score (nSPS) is 32.7. The van der Waals surface area contributed by atoms with Gasteiger partial charge in [-0.25, -0.2) is 9.69 Å². The Bertz CT molecular complexity index is 667. The fourth-order valence-electron chi connectivity index (χ4n) is 4.00. The van der Waals surface area contributed by atoms with Crippen molar-refractivity contribution >= 4 is 11.8 Å². The Balaban J connectivity index is 1.69. The zero-order valence-corrected chi connectivity index (χ0v) is 13.2. The van der Waals surface area contributed by atoms with E-state index in [0.717, 1.165) is 32.5 Å². The molecule has 3 saturated heterocycles. The molecule has 1 aromatic rings. The first-order chi connectivity index (χ1) is 11.1. The fourth-order valence-corrected chi connectivity index (χ4v) is 4.00. The van der Waals surface area contributed by atoms with E-state index in [0.29, 0.717) is 23.2 Å². The molecule has 2 bridgehead atoms. The van der Waals surface area contributed by atoms with Gasteiger partial charge in [0.15, 0.2) is 5.60 Å². The molecule has 4 heterocycles. The number of fused-ring (bicyclic) bond motifs is 2. The number of piperidine rings is 3. The van der Waals surface area contributed by atoms with Gasteiger partial charge in [0.05, 0.1) is 12.8 Å². The molecule has 122 valence electrons. The lowest BCUT2D eigenvalue weighted by atomic mass is 9.74. The predicted octanol–water partition coefficient (Wildman–Crippen LogP) is 1.92. The molecule has 23 heavy (non-hydrogen) atoms. The van der Waals surface area contributed by atoms with Crippen molar-refractivity contribution in [2.45, 2.75) is 18.4 Å². The summed E-state index contributed by atoms with van der Waals surface area (Å²) in [6.07, 6.45) is 3.63. The van der Waals surface area contributed by atoms with Gasteiger partial charge in [-0.05, 0) is 38.1 Å². The molecule has 5 rings (SSSR count). The van der Waals surface area contributed by atoms with Crippen molar-refractivity contribution in [3.63, 3.8) is 0 Å². The summed E-state index contributed by atoms with van der Waals surface area (Å²) in [5.74, 6) is 1.47. The quantitative estimate of drug-likeness (QED) is 0.903. The molecule has 1 aromatic carbocycles. The lowest BCUT2D eigenvalue weighted by Crippen LogP contribution is -2.63. The number of carbonyl (C=O) groups excluding carboxylic acids is 1. The van der Waals surface area contributed by atoms with Gasteiger partial charge >= 0.3 is 6.09 Å². The second-order valence-electron chi connectivity index (χ2n) is 6.48. The van der Waals surface area contributed by atoms with Crippen molar-refractivity contribution in [2.24, 2.45) is 11.7 Å². The van der Waals surface area contributed by atoms with Crippen LogP contribution >= 0.6 is 0 Å². The molecule has 0 aliphatic carbocycles. The number of hydrogen-bond donors (Lipinski definition) is 1. The number of ether oxygens (including phenoxy) is 2. The number of methoxy groups -OCH3 is 1. The summed E-state index contributed by atoms with van der Waals surface area (Å²) in [5.41, 5.74) is 6.35. The standard InChI is InChI=1S/C17H21N3O3/c1-22-14-4-2-3-13(9-14)20-15(18)10-17(23-16(20)21)11-19-7-5-12(17)6-8-19/h2-4,9-10,12H,5-8,11,18H2,1H3. The van der Waals surface area contributed by atoms with E-state index in [4.69, 9.17) is 15.2 Å². The number of rotatable bonds is 2. The molecular formula is C17H21N3O3. The van der Waals surface area contributed by atoms with Gasteiger partial charge in [0.1, 0.15) is 11.6 Å². The number of amides is 1. The molecule has 1 unspecified atom stereocenters. The van der Waals surface area contributed by atoms with E-state index < -0.39 is 11.7 Å². The maximum Gasteiger partial charge on any atom is 0.421 e. The number of anilines is 1. The summed E-state index contributed by atoms with van der Waals surface area (Å²) in [6.45, 7) is 2.91. The van der Waals surface area contributed by atoms with Crippen LogP contribution < -0.4 is 15.4 Å². The molecule has 6 nitrogen and oxygen atoms in total. The fraction of sp³-hybridized carbons (Fsp3) is 0.471. The molecule has 0 aromatic heterocycles. The van der Waals surface area contributed by atoms with E-state index in [2.05, 4.69) is 4.90 Å². The Morgan fingerprint density at radius 2 is 2.13 bits per heavy atom. The van der Waals surface area contributed by atoms with Crippen molar-refractivity contribution < 1.29 is 14.3 Å². The highest BCUT2D eigenvalue weighted by Gasteiger charge is 2.51. The molecule has 1 amide bonds. The maximum atomic E-state index is 12.7. The van der Waals surface area contributed by atoms with Crippen LogP contribution in [-0.4, -0.2) is 43.3 Å². The summed E-state index contributed by atoms with van der Waals surface area (Å²) < 4.78 is 11.1. The Hall–Kier alpha value is -2.21. The summed E-state index contributed by atoms with van der Waals surface area (Å²) in [6, 6.07) is 7.25. The van der Waals surface area contributed by atoms with E-state index in [1.807, 2.05) is 24.3 Å². The average molecular weight is 315 g/mol. The Morgan fingerprint density at radius 1 is 1.35 bits per heavy atom. The summed E-state index contributed by atoms with van der Waals surface area (Å²) in [4.78, 5) is 16.4. The highest BCUT2D eigenvalue weighted by atomic mass is 16.6. The predicted molar refractivity (Wildman–Crippen MR) is 86.1 cm³/mol. The smallest absolute Gasteiger partial charge is 0.421 e. The number of benzene rings is 1. The first kappa shape index (κ1) is 14.4. The van der Waals surface area contributed by atoms with E-state index in [-0.39, 0.29) is 0 Å². The molecule has 6 heteroatoms. The Morgan fingerprint density at radius 3 is 2.74 bits per heavy atom. The molecule has 4 aliphatic heterocycles. The molecule has 1 spiro atoms. The third-order valence-corrected chi connectivity index (χ3v) is 5.17. The zero-order valence-electron chi connectivity index (χ0n) is 13.2. The molecule has 0 saturated carbocycles. The van der Waals surface area contributed by atoms with Crippen LogP contribution in [0.4, 0.5) is 10.5 Å². The van der Waals surface area contributed by atoms with E-state index in [1.165, 1.54) is 4.90 Å². The second-order valence-corrected chi connectivity index (χ2v) is 6.48. The van der Waals surface area contributed by atoms with Gasteiger partial charge < -0.3 is 15.2 Å². The SMILES string of the molecule is COc1cccc(N2C(=O)OC3(C=C2N)CN2CCC3CC2)c1. The summed E-state index contributed by atoms with van der Waals surface area (Å²) in [7, 11) is 1.59. The van der Waals surface area contributed by atoms with Crippen molar-refractivity contribution in [2.75, 3.05) is 31.6 Å². The minimum atomic E-state index is -0.562. The number of carbonyl (C=O) groups is 1. The molecule has 1 atom stereocenters. The van der Waals surface area contributed by atoms with Crippen molar-refractivity contribution in [1.82, 2.24) is 4.90 Å². The second kappa shape index (κ2) is 5.16. The van der Waals surface area contributed by atoms with Gasteiger partial charge in [-0.15, -0.1) is 0 Å². The van der Waals surface area contributed by atoms with E-state index in [1.54, 1.807) is 13.2 Å². The first-order valence-electron chi connectivity index (χ1n) is 7.99. The van der Waals surface area contributed by atoms with Crippen LogP contribution in [0, 0.1) is 5.92 Å². The summed E-state index contributed by atoms with van der Waals surface area (Å²) in [5, 5.41) is 0. The Labute approximate surface area is 135 Å². The molecule has 4 aliphatic rings. The number of hydrogen-bond acceptors (Lipinski definition) is 5. The van der Waals surface area contributed by atoms with Gasteiger partial charge in [-0.2, -0.15) is 0 Å². The number of nitrogens with zero attached hydrogens (tertiary/aromatic N) is 2. The third kappa shape index (κ3) is 2.25. The minimum Gasteiger partial charge on any atom is -0.497 e. The van der Waals surface area contributed by atoms with Crippen molar-refractivity contribution in [3.8, 4) is 5.75 Å². The van der Waals surface area contributed by atoms with Crippen LogP contribution in [-0.2, 0) is 4.74 Å². The molecular weight excluding hydrogens is 294 g/mol. The minimum absolute atomic E-state index is 0.363. The molecule has 3 fully saturated rings. The van der Waals surface area contributed by atoms with Gasteiger partial charge in [0.2, 0.25) is 0 Å². The van der Waals surface area contributed by atoms with Crippen LogP contribution in [0.2, 0.25) is 0 Å². The largest absolute Gasteiger partial charge is 0.497 e. The van der Waals surface area contributed by atoms with Gasteiger partial charge in [-0.3, -0.25) is 4.90 Å². The van der Waals surface area contributed by atoms with Crippen LogP contribution in [0.15, 0.2) is 36.2 Å². The van der Waals surface area contributed by atoms with Crippen molar-refractivity contribution in [1.29, 1.82) is 0 Å². The highest BCUT2D eigenvalue weighted by Crippen LogP contribution is 2.42. The van der Waals surface area contributed by atoms with Crippen LogP contribution in [0.5, 0.6) is 5.75 Å². The summed E-state index contributed by atoms with van der Waals surface area (Å²) >= 11 is 0. The van der Waals surface area contributed by atoms with Gasteiger partial charge in [-0.1, -0.05) is 6.07 Å². The first-order valence-corrected chi connectivity index (χ1v) is 7.99. The van der Waals surface area contributed by atoms with E-state index >= 15 is 0 Å². The monoisotopic (exact) mass is 315 g/mol. The average Bonchev–Trinajstić information content (AvgIpc) is 2.55. The molecule has 0 radical (unpaired) electrons. The topological polar surface area (TPSA) is 68.0 Å². The number of nitrogens with two attached hydrogens (primary N) is 1. The zero-order chi connectivity index (χ0) is 16.0. The lowest BCUT2D eigenvalue weighted by Gasteiger charge is -2.52. The Kier molecular flexibility index (Phi) is 3.23. The van der Waals surface area contributed by atoms with Crippen LogP contribution in [0.3, 0.4) is 0 Å². The maximum absolute atomic E-state index is 12.7. The third-order valence-electron chi connectivity index (χ3n) is 5.17. The van der Waals surface area contributed by atoms with Gasteiger partial charge in [0, 0.05) is 24.6 Å². The van der Waals surface area contributed by atoms with Crippen LogP contribution in [0.25, 0.3) is 0 Å². The van der Waals surface area contributed by atoms with Crippen molar-refractivity contribution in [3.05, 3.63) is 36.2 Å². The van der Waals surface area contributed by atoms with Gasteiger partial charge in [0.25, 0.3) is 0 Å². The lowest BCUT2D eigenvalue weighted by molar-refractivity contribution is -0.0860. The highest BCUT2D eigenvalue weighted by molar-refractivity contribution is 5.92. The molecule has 2 N–H and O–H groups in total.